The first kappa shape index (κ1) is 13.2. The number of nitrogens with zero attached hydrogens (tertiary/aromatic N) is 2. The molecule has 5 heteroatoms. The third-order valence-electron chi connectivity index (χ3n) is 2.69. The maximum absolute atomic E-state index is 6.15. The molecule has 0 aliphatic heterocycles. The number of rotatable bonds is 4. The van der Waals surface area contributed by atoms with Crippen molar-refractivity contribution in [1.29, 1.82) is 0 Å². The van der Waals surface area contributed by atoms with Crippen molar-refractivity contribution in [2.45, 2.75) is 19.4 Å². The molecule has 3 nitrogen and oxygen atoms in total. The van der Waals surface area contributed by atoms with Crippen molar-refractivity contribution in [2.75, 3.05) is 0 Å². The average molecular weight is 285 g/mol. The second-order valence-electron chi connectivity index (χ2n) is 4.04. The molecule has 0 fully saturated rings. The monoisotopic (exact) mass is 284 g/mol. The number of aryl methyl sites for hydroxylation is 2. The van der Waals surface area contributed by atoms with Crippen LogP contribution in [-0.4, -0.2) is 9.78 Å². The van der Waals surface area contributed by atoms with E-state index in [0.29, 0.717) is 17.5 Å². The molecular weight excluding hydrogens is 271 g/mol. The molecule has 0 spiro atoms. The van der Waals surface area contributed by atoms with Crippen molar-refractivity contribution in [2.24, 2.45) is 7.05 Å². The number of hydrogen-bond donors (Lipinski definition) is 0. The van der Waals surface area contributed by atoms with Gasteiger partial charge in [0.1, 0.15) is 12.4 Å². The van der Waals surface area contributed by atoms with Crippen LogP contribution >= 0.6 is 23.2 Å². The molecular formula is C13H14Cl2N2O. The lowest BCUT2D eigenvalue weighted by molar-refractivity contribution is 0.295. The first-order chi connectivity index (χ1) is 8.61. The molecule has 0 amide bonds. The zero-order valence-corrected chi connectivity index (χ0v) is 11.8. The van der Waals surface area contributed by atoms with E-state index in [0.717, 1.165) is 22.7 Å². The Kier molecular flexibility index (Phi) is 4.15. The standard InChI is InChI=1S/C13H14Cl2N2O/c1-9-13(15)12(17(2)16-9)8-18-11-5-3-4-10(6-11)7-14/h3-6H,7-8H2,1-2H3. The van der Waals surface area contributed by atoms with Gasteiger partial charge in [-0.25, -0.2) is 0 Å². The van der Waals surface area contributed by atoms with E-state index in [-0.39, 0.29) is 0 Å². The second kappa shape index (κ2) is 5.63. The molecule has 0 saturated carbocycles. The highest BCUT2D eigenvalue weighted by Gasteiger charge is 2.11. The Morgan fingerprint density at radius 3 is 2.78 bits per heavy atom. The van der Waals surface area contributed by atoms with Crippen LogP contribution in [0.4, 0.5) is 0 Å². The fraction of sp³-hybridized carbons (Fsp3) is 0.308. The van der Waals surface area contributed by atoms with Crippen molar-refractivity contribution >= 4 is 23.2 Å². The lowest BCUT2D eigenvalue weighted by Crippen LogP contribution is -2.03. The van der Waals surface area contributed by atoms with Crippen LogP contribution < -0.4 is 4.74 Å². The molecule has 96 valence electrons. The van der Waals surface area contributed by atoms with E-state index >= 15 is 0 Å². The van der Waals surface area contributed by atoms with E-state index in [1.54, 1.807) is 4.68 Å². The summed E-state index contributed by atoms with van der Waals surface area (Å²) in [6.07, 6.45) is 0. The maximum Gasteiger partial charge on any atom is 0.131 e. The Morgan fingerprint density at radius 1 is 1.39 bits per heavy atom. The lowest BCUT2D eigenvalue weighted by Gasteiger charge is -2.08. The Bertz CT molecular complexity index is 552. The summed E-state index contributed by atoms with van der Waals surface area (Å²) in [6.45, 7) is 2.27. The third-order valence-corrected chi connectivity index (χ3v) is 3.49. The molecule has 1 aromatic heterocycles. The van der Waals surface area contributed by atoms with E-state index in [9.17, 15) is 0 Å². The molecule has 0 aliphatic rings. The largest absolute Gasteiger partial charge is 0.487 e. The van der Waals surface area contributed by atoms with Crippen molar-refractivity contribution in [3.05, 3.63) is 46.2 Å². The van der Waals surface area contributed by atoms with Crippen LogP contribution in [0.5, 0.6) is 5.75 Å². The van der Waals surface area contributed by atoms with Crippen LogP contribution in [0.3, 0.4) is 0 Å². The Balaban J connectivity index is 2.11. The first-order valence-electron chi connectivity index (χ1n) is 5.57. The quantitative estimate of drug-likeness (QED) is 0.801. The van der Waals surface area contributed by atoms with Crippen LogP contribution in [-0.2, 0) is 19.5 Å². The van der Waals surface area contributed by atoms with Crippen molar-refractivity contribution in [1.82, 2.24) is 9.78 Å². The molecule has 0 atom stereocenters. The summed E-state index contributed by atoms with van der Waals surface area (Å²) in [5.41, 5.74) is 2.71. The van der Waals surface area contributed by atoms with Crippen molar-refractivity contribution in [3.63, 3.8) is 0 Å². The van der Waals surface area contributed by atoms with Crippen molar-refractivity contribution in [3.8, 4) is 5.75 Å². The van der Waals surface area contributed by atoms with Gasteiger partial charge in [-0.3, -0.25) is 4.68 Å². The van der Waals surface area contributed by atoms with Gasteiger partial charge in [-0.1, -0.05) is 23.7 Å². The summed E-state index contributed by atoms with van der Waals surface area (Å²) >= 11 is 11.9. The highest BCUT2D eigenvalue weighted by Crippen LogP contribution is 2.22. The van der Waals surface area contributed by atoms with Crippen LogP contribution in [0.25, 0.3) is 0 Å². The minimum absolute atomic E-state index is 0.391. The van der Waals surface area contributed by atoms with Crippen LogP contribution in [0.2, 0.25) is 5.02 Å². The van der Waals surface area contributed by atoms with Gasteiger partial charge in [0.15, 0.2) is 0 Å². The number of halogens is 2. The first-order valence-corrected chi connectivity index (χ1v) is 6.48. The van der Waals surface area contributed by atoms with E-state index < -0.39 is 0 Å². The molecule has 18 heavy (non-hydrogen) atoms. The number of hydrogen-bond acceptors (Lipinski definition) is 2. The second-order valence-corrected chi connectivity index (χ2v) is 4.68. The minimum Gasteiger partial charge on any atom is -0.487 e. The van der Waals surface area contributed by atoms with Gasteiger partial charge in [0.25, 0.3) is 0 Å². The molecule has 0 aliphatic carbocycles. The summed E-state index contributed by atoms with van der Waals surface area (Å²) < 4.78 is 7.44. The number of ether oxygens (including phenoxy) is 1. The molecule has 1 aromatic carbocycles. The number of alkyl halides is 1. The molecule has 2 rings (SSSR count). The number of aromatic nitrogens is 2. The lowest BCUT2D eigenvalue weighted by atomic mass is 10.2. The Labute approximate surface area is 116 Å². The minimum atomic E-state index is 0.391. The maximum atomic E-state index is 6.15. The molecule has 0 radical (unpaired) electrons. The molecule has 0 unspecified atom stereocenters. The van der Waals surface area contributed by atoms with E-state index in [2.05, 4.69) is 5.10 Å². The zero-order chi connectivity index (χ0) is 13.1. The van der Waals surface area contributed by atoms with Gasteiger partial charge in [0.05, 0.1) is 16.4 Å². The Morgan fingerprint density at radius 2 is 2.17 bits per heavy atom. The van der Waals surface area contributed by atoms with Gasteiger partial charge in [0, 0.05) is 12.9 Å². The zero-order valence-electron chi connectivity index (χ0n) is 10.3. The summed E-state index contributed by atoms with van der Waals surface area (Å²) in [5, 5.41) is 4.90. The van der Waals surface area contributed by atoms with E-state index in [1.807, 2.05) is 38.2 Å². The summed E-state index contributed by atoms with van der Waals surface area (Å²) in [6, 6.07) is 7.70. The van der Waals surface area contributed by atoms with Gasteiger partial charge in [-0.2, -0.15) is 5.10 Å². The van der Waals surface area contributed by atoms with Crippen LogP contribution in [0.1, 0.15) is 17.0 Å². The van der Waals surface area contributed by atoms with E-state index in [4.69, 9.17) is 27.9 Å². The van der Waals surface area contributed by atoms with Crippen LogP contribution in [0.15, 0.2) is 24.3 Å². The topological polar surface area (TPSA) is 27.1 Å². The van der Waals surface area contributed by atoms with Gasteiger partial charge in [-0.15, -0.1) is 11.6 Å². The summed E-state index contributed by atoms with van der Waals surface area (Å²) in [4.78, 5) is 0. The fourth-order valence-corrected chi connectivity index (χ4v) is 2.09. The molecule has 2 aromatic rings. The van der Waals surface area contributed by atoms with Crippen LogP contribution in [0, 0.1) is 6.92 Å². The van der Waals surface area contributed by atoms with Gasteiger partial charge in [0.2, 0.25) is 0 Å². The van der Waals surface area contributed by atoms with Gasteiger partial charge < -0.3 is 4.74 Å². The SMILES string of the molecule is Cc1nn(C)c(COc2cccc(CCl)c2)c1Cl. The van der Waals surface area contributed by atoms with Gasteiger partial charge >= 0.3 is 0 Å². The summed E-state index contributed by atoms with van der Waals surface area (Å²) in [5.74, 6) is 1.26. The molecule has 0 bridgehead atoms. The van der Waals surface area contributed by atoms with Gasteiger partial charge in [-0.05, 0) is 24.6 Å². The Hall–Kier alpha value is -1.19. The fourth-order valence-electron chi connectivity index (χ4n) is 1.71. The third kappa shape index (κ3) is 2.79. The highest BCUT2D eigenvalue weighted by molar-refractivity contribution is 6.31. The average Bonchev–Trinajstić information content (AvgIpc) is 2.61. The highest BCUT2D eigenvalue weighted by atomic mass is 35.5. The normalized spacial score (nSPS) is 10.7. The number of benzene rings is 1. The predicted molar refractivity (Wildman–Crippen MR) is 73.3 cm³/mol. The molecule has 0 saturated heterocycles. The molecule has 1 heterocycles. The molecule has 0 N–H and O–H groups in total. The van der Waals surface area contributed by atoms with Crippen molar-refractivity contribution < 1.29 is 4.74 Å². The predicted octanol–water partition coefficient (Wildman–Crippen LogP) is 3.70. The summed E-state index contributed by atoms with van der Waals surface area (Å²) in [7, 11) is 1.85. The van der Waals surface area contributed by atoms with E-state index in [1.165, 1.54) is 0 Å². The smallest absolute Gasteiger partial charge is 0.131 e.